The molecule has 0 aliphatic rings. The Kier molecular flexibility index (Phi) is 8.93. The van der Waals surface area contributed by atoms with Crippen LogP contribution in [0.5, 0.6) is 5.75 Å². The monoisotopic (exact) mass is 633 g/mol. The van der Waals surface area contributed by atoms with Crippen molar-refractivity contribution in [3.05, 3.63) is 24.3 Å². The molecule has 21 heteroatoms. The van der Waals surface area contributed by atoms with E-state index in [0.29, 0.717) is 0 Å². The molecule has 0 saturated carbocycles. The van der Waals surface area contributed by atoms with Crippen LogP contribution in [0, 0.1) is 0 Å². The van der Waals surface area contributed by atoms with Crippen LogP contribution in [0.2, 0.25) is 0 Å². The third-order valence-corrected chi connectivity index (χ3v) is 6.07. The van der Waals surface area contributed by atoms with Gasteiger partial charge in [0.05, 0.1) is 11.5 Å². The molecule has 1 aromatic rings. The second-order valence-electron chi connectivity index (χ2n) is 7.84. The summed E-state index contributed by atoms with van der Waals surface area (Å²) in [6.07, 6.45) is -11.1. The van der Waals surface area contributed by atoms with Gasteiger partial charge in [-0.3, -0.25) is 0 Å². The lowest BCUT2D eigenvalue weighted by molar-refractivity contribution is -0.461. The molecule has 0 spiro atoms. The van der Waals surface area contributed by atoms with Gasteiger partial charge in [-0.2, -0.15) is 74.6 Å². The molecular formula is C18H13F17O3S. The highest BCUT2D eigenvalue weighted by atomic mass is 32.2. The van der Waals surface area contributed by atoms with Gasteiger partial charge in [-0.25, -0.2) is 8.42 Å². The number of hydrogen-bond donors (Lipinski definition) is 0. The van der Waals surface area contributed by atoms with Crippen molar-refractivity contribution in [3.8, 4) is 5.75 Å². The third kappa shape index (κ3) is 5.68. The molecule has 0 N–H and O–H groups in total. The van der Waals surface area contributed by atoms with Gasteiger partial charge >= 0.3 is 47.6 Å². The number of ether oxygens (including phenoxy) is 1. The molecular weight excluding hydrogens is 620 g/mol. The Balaban J connectivity index is 3.18. The summed E-state index contributed by atoms with van der Waals surface area (Å²) in [5.74, 6) is -56.9. The molecule has 1 rings (SSSR count). The zero-order chi connectivity index (χ0) is 31.3. The van der Waals surface area contributed by atoms with Crippen molar-refractivity contribution in [1.82, 2.24) is 0 Å². The summed E-state index contributed by atoms with van der Waals surface area (Å²) in [4.78, 5) is -0.278. The van der Waals surface area contributed by atoms with E-state index < -0.39 is 76.9 Å². The van der Waals surface area contributed by atoms with E-state index in [2.05, 4.69) is 4.74 Å². The summed E-state index contributed by atoms with van der Waals surface area (Å²) in [5, 5.41) is 0. The maximum Gasteiger partial charge on any atom is 0.460 e. The average Bonchev–Trinajstić information content (AvgIpc) is 2.74. The molecule has 0 aliphatic carbocycles. The zero-order valence-corrected chi connectivity index (χ0v) is 19.3. The zero-order valence-electron chi connectivity index (χ0n) is 18.5. The molecule has 0 radical (unpaired) electrons. The highest BCUT2D eigenvalue weighted by molar-refractivity contribution is 7.90. The van der Waals surface area contributed by atoms with Crippen LogP contribution in [0.4, 0.5) is 74.6 Å². The molecule has 0 aromatic heterocycles. The molecule has 1 aromatic carbocycles. The second kappa shape index (κ2) is 10.0. The fraction of sp³-hybridized carbons (Fsp3) is 0.667. The highest BCUT2D eigenvalue weighted by Crippen LogP contribution is 2.64. The molecule has 0 aliphatic heterocycles. The van der Waals surface area contributed by atoms with E-state index >= 15 is 0 Å². The van der Waals surface area contributed by atoms with E-state index in [1.165, 1.54) is 0 Å². The van der Waals surface area contributed by atoms with Gasteiger partial charge in [-0.1, -0.05) is 0 Å². The van der Waals surface area contributed by atoms with E-state index in [9.17, 15) is 83.1 Å². The van der Waals surface area contributed by atoms with Gasteiger partial charge in [0.2, 0.25) is 0 Å². The maximum absolute atomic E-state index is 13.8. The highest BCUT2D eigenvalue weighted by Gasteiger charge is 2.95. The lowest BCUT2D eigenvalue weighted by Gasteiger charge is -2.42. The number of halogens is 17. The van der Waals surface area contributed by atoms with Gasteiger partial charge in [0.1, 0.15) is 5.75 Å². The fourth-order valence-corrected chi connectivity index (χ4v) is 3.25. The lowest BCUT2D eigenvalue weighted by Crippen LogP contribution is -2.74. The van der Waals surface area contributed by atoms with E-state index in [-0.39, 0.29) is 10.6 Å². The van der Waals surface area contributed by atoms with Crippen molar-refractivity contribution in [3.63, 3.8) is 0 Å². The minimum absolute atomic E-state index is 0.278. The van der Waals surface area contributed by atoms with Crippen LogP contribution in [0.3, 0.4) is 0 Å². The van der Waals surface area contributed by atoms with Gasteiger partial charge < -0.3 is 4.74 Å². The van der Waals surface area contributed by atoms with Gasteiger partial charge in [0.15, 0.2) is 9.84 Å². The largest absolute Gasteiger partial charge is 0.494 e. The molecule has 0 bridgehead atoms. The molecule has 228 valence electrons. The van der Waals surface area contributed by atoms with Crippen LogP contribution in [0.25, 0.3) is 0 Å². The quantitative estimate of drug-likeness (QED) is 0.138. The predicted molar refractivity (Wildman–Crippen MR) is 95.0 cm³/mol. The van der Waals surface area contributed by atoms with Crippen molar-refractivity contribution in [2.45, 2.75) is 65.4 Å². The minimum atomic E-state index is -8.66. The van der Waals surface area contributed by atoms with E-state index in [1.54, 1.807) is 0 Å². The van der Waals surface area contributed by atoms with Gasteiger partial charge in [-0.05, 0) is 30.7 Å². The Labute approximate surface area is 206 Å². The first-order valence-corrected chi connectivity index (χ1v) is 11.5. The van der Waals surface area contributed by atoms with Crippen molar-refractivity contribution in [2.24, 2.45) is 0 Å². The number of rotatable bonds is 12. The number of hydrogen-bond acceptors (Lipinski definition) is 3. The lowest BCUT2D eigenvalue weighted by atomic mass is 9.88. The minimum Gasteiger partial charge on any atom is -0.494 e. The topological polar surface area (TPSA) is 43.4 Å². The average molecular weight is 633 g/mol. The summed E-state index contributed by atoms with van der Waals surface area (Å²) < 4.78 is 252. The Morgan fingerprint density at radius 3 is 1.31 bits per heavy atom. The first-order valence-electron chi connectivity index (χ1n) is 9.58. The molecule has 0 atom stereocenters. The van der Waals surface area contributed by atoms with Crippen molar-refractivity contribution in [1.29, 1.82) is 0 Å². The van der Waals surface area contributed by atoms with Crippen LogP contribution in [0.15, 0.2) is 29.2 Å². The normalized spacial score (nSPS) is 15.4. The first-order chi connectivity index (χ1) is 16.9. The molecule has 0 saturated heterocycles. The Morgan fingerprint density at radius 1 is 0.590 bits per heavy atom. The second-order valence-corrected chi connectivity index (χ2v) is 9.86. The van der Waals surface area contributed by atoms with Crippen molar-refractivity contribution in [2.75, 3.05) is 12.9 Å². The Hall–Kier alpha value is -2.22. The third-order valence-electron chi connectivity index (χ3n) is 4.94. The Morgan fingerprint density at radius 2 is 0.949 bits per heavy atom. The SMILES string of the molecule is [13CH3]S(=O)(=O)c1ccc(OCCCC(F)(F)C(F)(F)C(F)(F)C(F)(F)C(F)(F)C(F)(F)C(F)(F)C(F)(F)F)cc1. The van der Waals surface area contributed by atoms with Crippen LogP contribution >= 0.6 is 0 Å². The van der Waals surface area contributed by atoms with E-state index in [0.717, 1.165) is 30.5 Å². The number of sulfone groups is 1. The van der Waals surface area contributed by atoms with Crippen molar-refractivity contribution < 1.29 is 87.8 Å². The fourth-order valence-electron chi connectivity index (χ4n) is 2.62. The van der Waals surface area contributed by atoms with E-state index in [1.807, 2.05) is 0 Å². The number of alkyl halides is 17. The molecule has 0 fully saturated rings. The molecule has 3 nitrogen and oxygen atoms in total. The smallest absolute Gasteiger partial charge is 0.460 e. The van der Waals surface area contributed by atoms with Crippen LogP contribution < -0.4 is 4.74 Å². The molecule has 0 amide bonds. The predicted octanol–water partition coefficient (Wildman–Crippen LogP) is 7.26. The van der Waals surface area contributed by atoms with Gasteiger partial charge in [0, 0.05) is 12.7 Å². The van der Waals surface area contributed by atoms with Crippen LogP contribution in [-0.4, -0.2) is 68.9 Å². The van der Waals surface area contributed by atoms with Crippen molar-refractivity contribution >= 4 is 9.84 Å². The summed E-state index contributed by atoms with van der Waals surface area (Å²) in [6.45, 7) is -1.13. The summed E-state index contributed by atoms with van der Waals surface area (Å²) >= 11 is 0. The Bertz CT molecular complexity index is 1110. The number of benzene rings is 1. The first kappa shape index (κ1) is 34.8. The van der Waals surface area contributed by atoms with Gasteiger partial charge in [0.25, 0.3) is 0 Å². The van der Waals surface area contributed by atoms with Gasteiger partial charge in [-0.15, -0.1) is 0 Å². The molecule has 39 heavy (non-hydrogen) atoms. The summed E-state index contributed by atoms with van der Waals surface area (Å²) in [5.41, 5.74) is 0. The summed E-state index contributed by atoms with van der Waals surface area (Å²) in [6, 6.07) is 3.62. The van der Waals surface area contributed by atoms with Crippen LogP contribution in [0.1, 0.15) is 12.8 Å². The summed E-state index contributed by atoms with van der Waals surface area (Å²) in [7, 11) is -3.71. The molecule has 0 heterocycles. The maximum atomic E-state index is 13.8. The van der Waals surface area contributed by atoms with Crippen LogP contribution in [-0.2, 0) is 9.84 Å². The standard InChI is InChI=1S/C18H13F17O3S/c1-39(36,37)10-5-3-9(4-6-10)38-8-2-7-11(19,20)12(21,22)13(23,24)14(25,26)15(27,28)16(29,30)17(31,32)18(33,34)35/h3-6H,2,7-8H2,1H3/i1+1. The molecule has 0 unspecified atom stereocenters. The van der Waals surface area contributed by atoms with E-state index in [4.69, 9.17) is 0 Å².